The molecule has 0 unspecified atom stereocenters. The minimum atomic E-state index is -0.374. The van der Waals surface area contributed by atoms with Crippen LogP contribution >= 0.6 is 46.4 Å². The number of anilines is 2. The predicted molar refractivity (Wildman–Crippen MR) is 215 cm³/mol. The fourth-order valence-corrected chi connectivity index (χ4v) is 6.73. The number of carbonyl (C=O) groups is 1. The quantitative estimate of drug-likeness (QED) is 0.145. The minimum Gasteiger partial charge on any atom is -0.492 e. The lowest BCUT2D eigenvalue weighted by molar-refractivity contribution is 0.0600. The molecule has 2 aromatic heterocycles. The number of halogens is 4. The molecule has 0 saturated carbocycles. The molecule has 0 N–H and O–H groups in total. The summed E-state index contributed by atoms with van der Waals surface area (Å²) < 4.78 is 16.4. The lowest BCUT2D eigenvalue weighted by atomic mass is 9.87. The third-order valence-electron chi connectivity index (χ3n) is 9.15. The highest BCUT2D eigenvalue weighted by atomic mass is 35.5. The van der Waals surface area contributed by atoms with Crippen LogP contribution in [0.3, 0.4) is 0 Å². The van der Waals surface area contributed by atoms with E-state index in [1.165, 1.54) is 12.7 Å². The SMILES string of the molecule is CC(C)(C)c1ccc(OCCN2CCN(c3cc(Cl)nnc3Cl)CC2)cc1.COC(=O)c1cccc(OCCN2CCN(c3cc(Cl)nnc3Cl)CC2)c1. The third kappa shape index (κ3) is 12.2. The summed E-state index contributed by atoms with van der Waals surface area (Å²) >= 11 is 24.1. The van der Waals surface area contributed by atoms with E-state index in [4.69, 9.17) is 60.6 Å². The average molecular weight is 821 g/mol. The molecule has 54 heavy (non-hydrogen) atoms. The number of esters is 1. The first kappa shape index (κ1) is 41.5. The van der Waals surface area contributed by atoms with Gasteiger partial charge in [0.2, 0.25) is 0 Å². The van der Waals surface area contributed by atoms with E-state index in [1.54, 1.807) is 30.3 Å². The summed E-state index contributed by atoms with van der Waals surface area (Å²) in [6.45, 7) is 16.6. The van der Waals surface area contributed by atoms with Gasteiger partial charge in [0.15, 0.2) is 20.6 Å². The molecule has 6 rings (SSSR count). The van der Waals surface area contributed by atoms with E-state index in [-0.39, 0.29) is 11.4 Å². The Morgan fingerprint density at radius 3 is 1.59 bits per heavy atom. The Hall–Kier alpha value is -3.65. The zero-order valence-electron chi connectivity index (χ0n) is 31.0. The number of piperazine rings is 2. The van der Waals surface area contributed by atoms with Crippen LogP contribution < -0.4 is 19.3 Å². The number of aromatic nitrogens is 4. The highest BCUT2D eigenvalue weighted by Crippen LogP contribution is 2.28. The molecular formula is C38H46Cl4N8O4. The summed E-state index contributed by atoms with van der Waals surface area (Å²) in [5, 5.41) is 16.7. The molecular weight excluding hydrogens is 774 g/mol. The van der Waals surface area contributed by atoms with Gasteiger partial charge in [-0.25, -0.2) is 4.79 Å². The van der Waals surface area contributed by atoms with Crippen LogP contribution in [0.25, 0.3) is 0 Å². The molecule has 4 aromatic rings. The normalized spacial score (nSPS) is 15.3. The maximum absolute atomic E-state index is 11.6. The van der Waals surface area contributed by atoms with Crippen molar-refractivity contribution in [2.75, 3.05) is 95.6 Å². The molecule has 16 heteroatoms. The maximum Gasteiger partial charge on any atom is 0.337 e. The fraction of sp³-hybridized carbons (Fsp3) is 0.447. The highest BCUT2D eigenvalue weighted by Gasteiger charge is 2.22. The molecule has 0 atom stereocenters. The van der Waals surface area contributed by atoms with E-state index in [0.717, 1.165) is 82.6 Å². The Morgan fingerprint density at radius 1 is 0.648 bits per heavy atom. The van der Waals surface area contributed by atoms with Crippen LogP contribution in [0.2, 0.25) is 20.6 Å². The van der Waals surface area contributed by atoms with Crippen molar-refractivity contribution < 1.29 is 19.0 Å². The topological polar surface area (TPSA) is 109 Å². The number of carbonyl (C=O) groups excluding carboxylic acids is 1. The van der Waals surface area contributed by atoms with Crippen molar-refractivity contribution in [1.82, 2.24) is 30.2 Å². The third-order valence-corrected chi connectivity index (χ3v) is 10.1. The number of hydrogen-bond acceptors (Lipinski definition) is 12. The van der Waals surface area contributed by atoms with E-state index >= 15 is 0 Å². The molecule has 0 radical (unpaired) electrons. The highest BCUT2D eigenvalue weighted by molar-refractivity contribution is 6.34. The summed E-state index contributed by atoms with van der Waals surface area (Å²) in [6, 6.07) is 18.9. The van der Waals surface area contributed by atoms with Gasteiger partial charge in [0.25, 0.3) is 0 Å². The van der Waals surface area contributed by atoms with Gasteiger partial charge in [0, 0.05) is 77.6 Å². The monoisotopic (exact) mass is 818 g/mol. The van der Waals surface area contributed by atoms with Crippen molar-refractivity contribution in [3.63, 3.8) is 0 Å². The molecule has 4 heterocycles. The lowest BCUT2D eigenvalue weighted by Crippen LogP contribution is -2.47. The zero-order valence-corrected chi connectivity index (χ0v) is 34.0. The van der Waals surface area contributed by atoms with Gasteiger partial charge in [-0.1, -0.05) is 85.4 Å². The molecule has 12 nitrogen and oxygen atoms in total. The molecule has 0 spiro atoms. The maximum atomic E-state index is 11.6. The van der Waals surface area contributed by atoms with Crippen molar-refractivity contribution in [3.05, 3.63) is 92.4 Å². The smallest absolute Gasteiger partial charge is 0.337 e. The number of ether oxygens (including phenoxy) is 3. The number of hydrogen-bond donors (Lipinski definition) is 0. The summed E-state index contributed by atoms with van der Waals surface area (Å²) in [4.78, 5) is 20.6. The van der Waals surface area contributed by atoms with Gasteiger partial charge in [0.1, 0.15) is 24.7 Å². The molecule has 2 saturated heterocycles. The summed E-state index contributed by atoms with van der Waals surface area (Å²) in [6.07, 6.45) is 0. The Labute approximate surface area is 337 Å². The van der Waals surface area contributed by atoms with Crippen LogP contribution in [0, 0.1) is 0 Å². The first-order chi connectivity index (χ1) is 25.9. The van der Waals surface area contributed by atoms with Crippen LogP contribution in [-0.2, 0) is 10.2 Å². The Kier molecular flexibility index (Phi) is 15.2. The van der Waals surface area contributed by atoms with E-state index in [2.05, 4.69) is 85.0 Å². The van der Waals surface area contributed by atoms with Crippen molar-refractivity contribution in [2.24, 2.45) is 0 Å². The second-order valence-corrected chi connectivity index (χ2v) is 15.3. The molecule has 2 aromatic carbocycles. The summed E-state index contributed by atoms with van der Waals surface area (Å²) in [7, 11) is 1.36. The number of benzene rings is 2. The first-order valence-corrected chi connectivity index (χ1v) is 19.3. The zero-order chi connectivity index (χ0) is 38.7. The van der Waals surface area contributed by atoms with Crippen LogP contribution in [0.1, 0.15) is 36.7 Å². The van der Waals surface area contributed by atoms with Gasteiger partial charge < -0.3 is 24.0 Å². The second-order valence-electron chi connectivity index (χ2n) is 13.8. The standard InChI is InChI=1S/C20H26Cl2N4O.C18H20Cl2N4O3/c1-20(2,3)15-4-6-16(7-5-15)27-13-12-25-8-10-26(11-9-25)17-14-18(21)23-24-19(17)22;1-26-18(25)13-3-2-4-14(11-13)27-10-9-23-5-7-24(8-6-23)15-12-16(19)21-22-17(15)20/h4-7,14H,8-13H2,1-3H3;2-4,11-12H,5-10H2,1H3. The average Bonchev–Trinajstić information content (AvgIpc) is 3.17. The molecule has 0 bridgehead atoms. The van der Waals surface area contributed by atoms with E-state index < -0.39 is 0 Å². The van der Waals surface area contributed by atoms with Gasteiger partial charge >= 0.3 is 5.97 Å². The van der Waals surface area contributed by atoms with Gasteiger partial charge in [-0.3, -0.25) is 9.80 Å². The van der Waals surface area contributed by atoms with Crippen LogP contribution in [0.4, 0.5) is 11.4 Å². The summed E-state index contributed by atoms with van der Waals surface area (Å²) in [5.41, 5.74) is 3.62. The van der Waals surface area contributed by atoms with Crippen molar-refractivity contribution in [2.45, 2.75) is 26.2 Å². The molecule has 2 aliphatic rings. The van der Waals surface area contributed by atoms with E-state index in [1.807, 2.05) is 6.07 Å². The first-order valence-electron chi connectivity index (χ1n) is 17.8. The Balaban J connectivity index is 0.000000208. The van der Waals surface area contributed by atoms with Crippen LogP contribution in [-0.4, -0.2) is 122 Å². The predicted octanol–water partition coefficient (Wildman–Crippen LogP) is 7.05. The largest absolute Gasteiger partial charge is 0.492 e. The van der Waals surface area contributed by atoms with Gasteiger partial charge in [-0.05, 0) is 41.3 Å². The van der Waals surface area contributed by atoms with Crippen molar-refractivity contribution >= 4 is 63.7 Å². The molecule has 2 aliphatic heterocycles. The van der Waals surface area contributed by atoms with Crippen molar-refractivity contribution in [3.8, 4) is 11.5 Å². The minimum absolute atomic E-state index is 0.162. The van der Waals surface area contributed by atoms with Crippen LogP contribution in [0.5, 0.6) is 11.5 Å². The van der Waals surface area contributed by atoms with E-state index in [0.29, 0.717) is 45.1 Å². The van der Waals surface area contributed by atoms with E-state index in [9.17, 15) is 4.79 Å². The van der Waals surface area contributed by atoms with Crippen LogP contribution in [0.15, 0.2) is 60.7 Å². The number of methoxy groups -OCH3 is 1. The lowest BCUT2D eigenvalue weighted by Gasteiger charge is -2.36. The van der Waals surface area contributed by atoms with Gasteiger partial charge in [-0.15, -0.1) is 20.4 Å². The Morgan fingerprint density at radius 2 is 1.13 bits per heavy atom. The fourth-order valence-electron chi connectivity index (χ4n) is 6.02. The molecule has 290 valence electrons. The number of nitrogens with zero attached hydrogens (tertiary/aromatic N) is 8. The second kappa shape index (κ2) is 19.8. The Bertz CT molecular complexity index is 1820. The van der Waals surface area contributed by atoms with Gasteiger partial charge in [0.05, 0.1) is 24.0 Å². The summed E-state index contributed by atoms with van der Waals surface area (Å²) in [5.74, 6) is 1.20. The number of rotatable bonds is 11. The molecule has 0 aliphatic carbocycles. The van der Waals surface area contributed by atoms with Crippen molar-refractivity contribution in [1.29, 1.82) is 0 Å². The molecule has 0 amide bonds. The molecule has 2 fully saturated rings. The van der Waals surface area contributed by atoms with Gasteiger partial charge in [-0.2, -0.15) is 0 Å².